The number of nitrogens with zero attached hydrogens (tertiary/aromatic N) is 1. The van der Waals surface area contributed by atoms with Gasteiger partial charge in [-0.2, -0.15) is 0 Å². The first-order chi connectivity index (χ1) is 7.95. The first-order valence-electron chi connectivity index (χ1n) is 7.35. The van der Waals surface area contributed by atoms with E-state index in [1.165, 1.54) is 38.8 Å². The molecule has 2 rings (SSSR count). The summed E-state index contributed by atoms with van der Waals surface area (Å²) < 4.78 is 0. The minimum Gasteiger partial charge on any atom is -0.393 e. The first-order valence-corrected chi connectivity index (χ1v) is 7.35. The highest BCUT2D eigenvalue weighted by atomic mass is 16.3. The summed E-state index contributed by atoms with van der Waals surface area (Å²) >= 11 is 0. The van der Waals surface area contributed by atoms with E-state index in [2.05, 4.69) is 25.7 Å². The number of hydrogen-bond acceptors (Lipinski definition) is 2. The molecule has 0 radical (unpaired) electrons. The fourth-order valence-electron chi connectivity index (χ4n) is 2.33. The maximum absolute atomic E-state index is 10.1. The van der Waals surface area contributed by atoms with E-state index in [4.69, 9.17) is 0 Å². The fraction of sp³-hybridized carbons (Fsp3) is 1.00. The van der Waals surface area contributed by atoms with Crippen molar-refractivity contribution < 1.29 is 5.11 Å². The summed E-state index contributed by atoms with van der Waals surface area (Å²) in [5.41, 5.74) is 0.0326. The van der Waals surface area contributed by atoms with Gasteiger partial charge in [-0.25, -0.2) is 0 Å². The summed E-state index contributed by atoms with van der Waals surface area (Å²) in [4.78, 5) is 2.62. The van der Waals surface area contributed by atoms with Crippen LogP contribution in [-0.4, -0.2) is 35.7 Å². The van der Waals surface area contributed by atoms with Crippen LogP contribution in [0.3, 0.4) is 0 Å². The lowest BCUT2D eigenvalue weighted by Gasteiger charge is -2.29. The normalized spacial score (nSPS) is 23.1. The molecule has 0 aromatic carbocycles. The summed E-state index contributed by atoms with van der Waals surface area (Å²) in [5, 5.41) is 10.1. The highest BCUT2D eigenvalue weighted by Gasteiger charge is 2.30. The Morgan fingerprint density at radius 1 is 1.06 bits per heavy atom. The molecule has 100 valence electrons. The summed E-state index contributed by atoms with van der Waals surface area (Å²) in [7, 11) is 0. The van der Waals surface area contributed by atoms with Gasteiger partial charge in [-0.15, -0.1) is 0 Å². The van der Waals surface area contributed by atoms with E-state index in [-0.39, 0.29) is 11.5 Å². The van der Waals surface area contributed by atoms with Crippen LogP contribution in [0.4, 0.5) is 0 Å². The predicted molar refractivity (Wildman–Crippen MR) is 72.0 cm³/mol. The molecule has 2 aliphatic rings. The summed E-state index contributed by atoms with van der Waals surface area (Å²) in [6.45, 7) is 10.0. The molecule has 2 fully saturated rings. The largest absolute Gasteiger partial charge is 0.393 e. The van der Waals surface area contributed by atoms with Crippen molar-refractivity contribution in [2.24, 2.45) is 17.3 Å². The molecule has 0 bridgehead atoms. The second kappa shape index (κ2) is 5.27. The van der Waals surface area contributed by atoms with Crippen molar-refractivity contribution in [3.8, 4) is 0 Å². The molecule has 0 saturated heterocycles. The summed E-state index contributed by atoms with van der Waals surface area (Å²) in [5.74, 6) is 1.95. The molecule has 0 aromatic heterocycles. The van der Waals surface area contributed by atoms with Crippen LogP contribution in [0.25, 0.3) is 0 Å². The molecule has 2 aliphatic carbocycles. The quantitative estimate of drug-likeness (QED) is 0.738. The molecule has 0 aromatic rings. The second-order valence-electron chi connectivity index (χ2n) is 7.32. The van der Waals surface area contributed by atoms with Crippen molar-refractivity contribution in [1.29, 1.82) is 0 Å². The first kappa shape index (κ1) is 13.4. The Morgan fingerprint density at radius 2 is 1.53 bits per heavy atom. The van der Waals surface area contributed by atoms with Crippen molar-refractivity contribution in [2.45, 2.75) is 59.0 Å². The van der Waals surface area contributed by atoms with Gasteiger partial charge in [-0.1, -0.05) is 20.8 Å². The molecule has 1 N–H and O–H groups in total. The number of aliphatic hydroxyl groups is 1. The Hall–Kier alpha value is -0.0800. The molecule has 2 nitrogen and oxygen atoms in total. The third kappa shape index (κ3) is 4.97. The number of hydrogen-bond donors (Lipinski definition) is 1. The van der Waals surface area contributed by atoms with Crippen LogP contribution in [0.2, 0.25) is 0 Å². The third-order valence-corrected chi connectivity index (χ3v) is 4.15. The number of rotatable bonds is 7. The van der Waals surface area contributed by atoms with Crippen LogP contribution in [0.1, 0.15) is 52.9 Å². The monoisotopic (exact) mass is 239 g/mol. The maximum atomic E-state index is 10.1. The van der Waals surface area contributed by atoms with E-state index in [1.54, 1.807) is 0 Å². The Balaban J connectivity index is 1.71. The van der Waals surface area contributed by atoms with Gasteiger partial charge in [0.25, 0.3) is 0 Å². The summed E-state index contributed by atoms with van der Waals surface area (Å²) in [6, 6.07) is 0. The van der Waals surface area contributed by atoms with Gasteiger partial charge in [-0.05, 0) is 49.4 Å². The van der Waals surface area contributed by atoms with Gasteiger partial charge in [-0.3, -0.25) is 0 Å². The van der Waals surface area contributed by atoms with Gasteiger partial charge >= 0.3 is 0 Å². The smallest absolute Gasteiger partial charge is 0.0600 e. The molecule has 0 spiro atoms. The lowest BCUT2D eigenvalue weighted by molar-refractivity contribution is 0.0446. The van der Waals surface area contributed by atoms with Crippen molar-refractivity contribution >= 4 is 0 Å². The zero-order valence-electron chi connectivity index (χ0n) is 11.8. The van der Waals surface area contributed by atoms with Crippen LogP contribution in [-0.2, 0) is 0 Å². The molecule has 0 aliphatic heterocycles. The van der Waals surface area contributed by atoms with E-state index in [9.17, 15) is 5.11 Å². The molecule has 1 unspecified atom stereocenters. The van der Waals surface area contributed by atoms with E-state index >= 15 is 0 Å². The van der Waals surface area contributed by atoms with E-state index < -0.39 is 0 Å². The van der Waals surface area contributed by atoms with Gasteiger partial charge in [0, 0.05) is 19.6 Å². The lowest BCUT2D eigenvalue weighted by Crippen LogP contribution is -2.35. The lowest BCUT2D eigenvalue weighted by atomic mass is 9.87. The minimum atomic E-state index is -0.164. The van der Waals surface area contributed by atoms with Gasteiger partial charge in [0.2, 0.25) is 0 Å². The third-order valence-electron chi connectivity index (χ3n) is 4.15. The zero-order valence-corrected chi connectivity index (χ0v) is 11.8. The average molecular weight is 239 g/mol. The van der Waals surface area contributed by atoms with Crippen molar-refractivity contribution in [1.82, 2.24) is 4.90 Å². The van der Waals surface area contributed by atoms with Crippen LogP contribution < -0.4 is 0 Å². The highest BCUT2D eigenvalue weighted by molar-refractivity contribution is 4.83. The van der Waals surface area contributed by atoms with Gasteiger partial charge in [0.15, 0.2) is 0 Å². The second-order valence-corrected chi connectivity index (χ2v) is 7.32. The highest BCUT2D eigenvalue weighted by Crippen LogP contribution is 2.34. The van der Waals surface area contributed by atoms with Crippen molar-refractivity contribution in [3.05, 3.63) is 0 Å². The topological polar surface area (TPSA) is 23.5 Å². The van der Waals surface area contributed by atoms with Crippen molar-refractivity contribution in [2.75, 3.05) is 19.6 Å². The molecular formula is C15H29NO. The van der Waals surface area contributed by atoms with Gasteiger partial charge in [0.05, 0.1) is 6.10 Å². The minimum absolute atomic E-state index is 0.0326. The fourth-order valence-corrected chi connectivity index (χ4v) is 2.33. The van der Waals surface area contributed by atoms with E-state index in [1.807, 2.05) is 0 Å². The standard InChI is InChI=1S/C15H29NO/c1-15(2,3)14(17)8-9-16(10-12-4-5-12)11-13-6-7-13/h12-14,17H,4-11H2,1-3H3. The molecule has 2 saturated carbocycles. The molecule has 0 amide bonds. The number of aliphatic hydroxyl groups excluding tert-OH is 1. The van der Waals surface area contributed by atoms with Crippen molar-refractivity contribution in [3.63, 3.8) is 0 Å². The zero-order chi connectivity index (χ0) is 12.5. The molecular weight excluding hydrogens is 210 g/mol. The van der Waals surface area contributed by atoms with E-state index in [0.29, 0.717) is 0 Å². The Labute approximate surface area is 106 Å². The molecule has 0 heterocycles. The Bertz CT molecular complexity index is 224. The van der Waals surface area contributed by atoms with Crippen LogP contribution in [0.5, 0.6) is 0 Å². The maximum Gasteiger partial charge on any atom is 0.0600 e. The van der Waals surface area contributed by atoms with Gasteiger partial charge in [0.1, 0.15) is 0 Å². The molecule has 2 heteroatoms. The van der Waals surface area contributed by atoms with Crippen LogP contribution in [0.15, 0.2) is 0 Å². The van der Waals surface area contributed by atoms with Gasteiger partial charge < -0.3 is 10.0 Å². The SMILES string of the molecule is CC(C)(C)C(O)CCN(CC1CC1)CC1CC1. The average Bonchev–Trinajstić information content (AvgIpc) is 3.06. The summed E-state index contributed by atoms with van der Waals surface area (Å²) in [6.07, 6.45) is 6.50. The predicted octanol–water partition coefficient (Wildman–Crippen LogP) is 2.91. The Morgan fingerprint density at radius 3 is 1.88 bits per heavy atom. The van der Waals surface area contributed by atoms with Crippen LogP contribution in [0, 0.1) is 17.3 Å². The Kier molecular flexibility index (Phi) is 4.14. The molecule has 17 heavy (non-hydrogen) atoms. The van der Waals surface area contributed by atoms with E-state index in [0.717, 1.165) is 24.8 Å². The van der Waals surface area contributed by atoms with Crippen LogP contribution >= 0.6 is 0 Å². The molecule has 1 atom stereocenters.